The summed E-state index contributed by atoms with van der Waals surface area (Å²) in [5.74, 6) is 1.54. The molecule has 0 spiro atoms. The van der Waals surface area contributed by atoms with Crippen molar-refractivity contribution in [3.05, 3.63) is 34.9 Å². The molecule has 3 amide bonds. The molecule has 100 valence electrons. The summed E-state index contributed by atoms with van der Waals surface area (Å²) in [4.78, 5) is 36.1. The van der Waals surface area contributed by atoms with Gasteiger partial charge in [-0.25, -0.2) is 5.01 Å². The number of amides is 3. The van der Waals surface area contributed by atoms with Crippen LogP contribution in [-0.4, -0.2) is 27.7 Å². The van der Waals surface area contributed by atoms with Crippen molar-refractivity contribution in [1.82, 2.24) is 10.0 Å². The molecule has 0 radical (unpaired) electrons. The average molecular weight is 268 g/mol. The van der Waals surface area contributed by atoms with Crippen LogP contribution in [0.4, 0.5) is 0 Å². The van der Waals surface area contributed by atoms with Gasteiger partial charge < -0.3 is 0 Å². The van der Waals surface area contributed by atoms with E-state index in [2.05, 4.69) is 5.92 Å². The van der Waals surface area contributed by atoms with Gasteiger partial charge >= 0.3 is 0 Å². The third-order valence-corrected chi connectivity index (χ3v) is 3.55. The Morgan fingerprint density at radius 3 is 2.45 bits per heavy atom. The monoisotopic (exact) mass is 268 g/mol. The highest BCUT2D eigenvalue weighted by Gasteiger charge is 2.39. The van der Waals surface area contributed by atoms with E-state index in [1.165, 1.54) is 5.01 Å². The van der Waals surface area contributed by atoms with Gasteiger partial charge in [0.2, 0.25) is 11.8 Å². The standard InChI is InChI=1S/C15H12N2O3/c1-2-10-6-7-12-11(8-10)9-16(15(12)20)17-13(18)4-3-5-14(17)19/h1,6-8H,3-5,9H2. The summed E-state index contributed by atoms with van der Waals surface area (Å²) >= 11 is 0. The van der Waals surface area contributed by atoms with Crippen LogP contribution in [0.25, 0.3) is 0 Å². The van der Waals surface area contributed by atoms with Crippen LogP contribution in [0.5, 0.6) is 0 Å². The molecule has 0 aromatic heterocycles. The highest BCUT2D eigenvalue weighted by molar-refractivity contribution is 6.04. The lowest BCUT2D eigenvalue weighted by Crippen LogP contribution is -2.51. The van der Waals surface area contributed by atoms with Gasteiger partial charge in [-0.2, -0.15) is 5.01 Å². The normalized spacial score (nSPS) is 18.2. The molecule has 1 aromatic carbocycles. The largest absolute Gasteiger partial charge is 0.273 e. The van der Waals surface area contributed by atoms with Crippen molar-refractivity contribution in [2.24, 2.45) is 0 Å². The number of nitrogens with zero attached hydrogens (tertiary/aromatic N) is 2. The number of fused-ring (bicyclic) bond motifs is 1. The molecular formula is C15H12N2O3. The zero-order valence-electron chi connectivity index (χ0n) is 10.8. The first-order chi connectivity index (χ1) is 9.61. The fraction of sp³-hybridized carbons (Fsp3) is 0.267. The van der Waals surface area contributed by atoms with Gasteiger partial charge in [-0.15, -0.1) is 6.42 Å². The van der Waals surface area contributed by atoms with Gasteiger partial charge in [-0.3, -0.25) is 14.4 Å². The van der Waals surface area contributed by atoms with E-state index in [0.717, 1.165) is 10.6 Å². The summed E-state index contributed by atoms with van der Waals surface area (Å²) in [5, 5.41) is 2.20. The van der Waals surface area contributed by atoms with Crippen LogP contribution in [0.1, 0.15) is 40.7 Å². The Morgan fingerprint density at radius 1 is 1.10 bits per heavy atom. The second-order valence-electron chi connectivity index (χ2n) is 4.83. The summed E-state index contributed by atoms with van der Waals surface area (Å²) in [6.45, 7) is 0.209. The molecule has 5 nitrogen and oxygen atoms in total. The van der Waals surface area contributed by atoms with Crippen molar-refractivity contribution in [2.45, 2.75) is 25.8 Å². The number of hydrogen-bond donors (Lipinski definition) is 0. The number of piperidine rings is 1. The van der Waals surface area contributed by atoms with Crippen LogP contribution < -0.4 is 0 Å². The second kappa shape index (κ2) is 4.49. The number of carbonyl (C=O) groups excluding carboxylic acids is 3. The van der Waals surface area contributed by atoms with Crippen molar-refractivity contribution < 1.29 is 14.4 Å². The van der Waals surface area contributed by atoms with Gasteiger partial charge in [0, 0.05) is 24.0 Å². The fourth-order valence-corrected chi connectivity index (χ4v) is 2.57. The molecule has 0 atom stereocenters. The lowest BCUT2D eigenvalue weighted by molar-refractivity contribution is -0.163. The Labute approximate surface area is 116 Å². The Hall–Kier alpha value is -2.61. The number of carbonyl (C=O) groups is 3. The zero-order chi connectivity index (χ0) is 14.3. The van der Waals surface area contributed by atoms with Crippen LogP contribution in [0.3, 0.4) is 0 Å². The molecule has 0 bridgehead atoms. The molecule has 2 aliphatic heterocycles. The van der Waals surface area contributed by atoms with Gasteiger partial charge in [-0.1, -0.05) is 5.92 Å². The van der Waals surface area contributed by atoms with Gasteiger partial charge in [0.1, 0.15) is 0 Å². The van der Waals surface area contributed by atoms with E-state index in [1.54, 1.807) is 18.2 Å². The number of terminal acetylenes is 1. The molecule has 3 rings (SSSR count). The van der Waals surface area contributed by atoms with E-state index in [4.69, 9.17) is 6.42 Å². The molecule has 0 N–H and O–H groups in total. The lowest BCUT2D eigenvalue weighted by atomic mass is 10.1. The minimum Gasteiger partial charge on any atom is -0.273 e. The number of hydrazine groups is 1. The van der Waals surface area contributed by atoms with Crippen molar-refractivity contribution in [1.29, 1.82) is 0 Å². The predicted octanol–water partition coefficient (Wildman–Crippen LogP) is 1.08. The molecule has 1 aromatic rings. The van der Waals surface area contributed by atoms with Gasteiger partial charge in [0.15, 0.2) is 0 Å². The first-order valence-corrected chi connectivity index (χ1v) is 6.39. The third kappa shape index (κ3) is 1.77. The van der Waals surface area contributed by atoms with Crippen LogP contribution in [0.2, 0.25) is 0 Å². The average Bonchev–Trinajstić information content (AvgIpc) is 2.75. The maximum absolute atomic E-state index is 12.3. The zero-order valence-corrected chi connectivity index (χ0v) is 10.8. The van der Waals surface area contributed by atoms with Crippen LogP contribution >= 0.6 is 0 Å². The molecule has 0 saturated carbocycles. The first-order valence-electron chi connectivity index (χ1n) is 6.39. The summed E-state index contributed by atoms with van der Waals surface area (Å²) in [6, 6.07) is 5.07. The molecule has 20 heavy (non-hydrogen) atoms. The van der Waals surface area contributed by atoms with Crippen LogP contribution in [-0.2, 0) is 16.1 Å². The summed E-state index contributed by atoms with van der Waals surface area (Å²) in [6.07, 6.45) is 6.47. The Morgan fingerprint density at radius 2 is 1.80 bits per heavy atom. The van der Waals surface area contributed by atoms with Crippen molar-refractivity contribution in [3.8, 4) is 12.3 Å². The number of imide groups is 1. The first kappa shape index (κ1) is 12.4. The molecule has 1 saturated heterocycles. The minimum atomic E-state index is -0.327. The molecule has 2 aliphatic rings. The molecule has 1 fully saturated rings. The summed E-state index contributed by atoms with van der Waals surface area (Å²) in [5.41, 5.74) is 1.92. The van der Waals surface area contributed by atoms with Crippen molar-refractivity contribution in [2.75, 3.05) is 0 Å². The van der Waals surface area contributed by atoms with Gasteiger partial charge in [0.25, 0.3) is 5.91 Å². The summed E-state index contributed by atoms with van der Waals surface area (Å²) in [7, 11) is 0. The number of hydrogen-bond acceptors (Lipinski definition) is 3. The van der Waals surface area contributed by atoms with Crippen molar-refractivity contribution >= 4 is 17.7 Å². The topological polar surface area (TPSA) is 57.7 Å². The molecule has 0 unspecified atom stereocenters. The molecule has 2 heterocycles. The van der Waals surface area contributed by atoms with Gasteiger partial charge in [0.05, 0.1) is 6.54 Å². The maximum atomic E-state index is 12.3. The van der Waals surface area contributed by atoms with Crippen LogP contribution in [0, 0.1) is 12.3 Å². The Balaban J connectivity index is 1.95. The molecule has 0 aliphatic carbocycles. The number of benzene rings is 1. The van der Waals surface area contributed by atoms with Crippen molar-refractivity contribution in [3.63, 3.8) is 0 Å². The van der Waals surface area contributed by atoms with E-state index in [1.807, 2.05) is 0 Å². The quantitative estimate of drug-likeness (QED) is 0.565. The maximum Gasteiger partial charge on any atom is 0.273 e. The Kier molecular flexibility index (Phi) is 2.79. The minimum absolute atomic E-state index is 0.209. The van der Waals surface area contributed by atoms with E-state index >= 15 is 0 Å². The SMILES string of the molecule is C#Cc1ccc2c(c1)CN(N1C(=O)CCCC1=O)C2=O. The predicted molar refractivity (Wildman–Crippen MR) is 70.0 cm³/mol. The Bertz CT molecular complexity index is 656. The number of rotatable bonds is 1. The van der Waals surface area contributed by atoms with E-state index in [-0.39, 0.29) is 24.3 Å². The smallest absolute Gasteiger partial charge is 0.273 e. The van der Waals surface area contributed by atoms with Crippen LogP contribution in [0.15, 0.2) is 18.2 Å². The third-order valence-electron chi connectivity index (χ3n) is 3.55. The molecule has 5 heteroatoms. The lowest BCUT2D eigenvalue weighted by Gasteiger charge is -2.32. The fourth-order valence-electron chi connectivity index (χ4n) is 2.57. The van der Waals surface area contributed by atoms with E-state index < -0.39 is 0 Å². The highest BCUT2D eigenvalue weighted by atomic mass is 16.2. The van der Waals surface area contributed by atoms with E-state index in [9.17, 15) is 14.4 Å². The van der Waals surface area contributed by atoms with Gasteiger partial charge in [-0.05, 0) is 30.2 Å². The highest BCUT2D eigenvalue weighted by Crippen LogP contribution is 2.27. The van der Waals surface area contributed by atoms with E-state index in [0.29, 0.717) is 30.4 Å². The molecular weight excluding hydrogens is 256 g/mol. The summed E-state index contributed by atoms with van der Waals surface area (Å²) < 4.78 is 0. The second-order valence-corrected chi connectivity index (χ2v) is 4.83.